The minimum Gasteiger partial charge on any atom is -0.481 e. The van der Waals surface area contributed by atoms with Crippen molar-refractivity contribution < 1.29 is 9.90 Å². The zero-order chi connectivity index (χ0) is 15.0. The number of hydrogen-bond donors (Lipinski definition) is 1. The highest BCUT2D eigenvalue weighted by molar-refractivity contribution is 6.31. The molecule has 4 nitrogen and oxygen atoms in total. The van der Waals surface area contributed by atoms with Crippen molar-refractivity contribution in [3.63, 3.8) is 0 Å². The van der Waals surface area contributed by atoms with Gasteiger partial charge in [0.25, 0.3) is 0 Å². The van der Waals surface area contributed by atoms with E-state index in [9.17, 15) is 9.90 Å². The van der Waals surface area contributed by atoms with Crippen LogP contribution in [0.25, 0.3) is 11.0 Å². The number of benzene rings is 1. The van der Waals surface area contributed by atoms with Crippen molar-refractivity contribution in [3.05, 3.63) is 41.2 Å². The summed E-state index contributed by atoms with van der Waals surface area (Å²) in [6.45, 7) is 2.79. The summed E-state index contributed by atoms with van der Waals surface area (Å²) in [6, 6.07) is 5.60. The number of aryl methyl sites for hydroxylation is 1. The molecule has 3 rings (SSSR count). The lowest BCUT2D eigenvalue weighted by molar-refractivity contribution is -0.142. The van der Waals surface area contributed by atoms with Crippen molar-refractivity contribution in [1.29, 1.82) is 0 Å². The number of carboxylic acid groups (broad SMARTS) is 1. The molecule has 1 aromatic carbocycles. The number of fused-ring (bicyclic) bond motifs is 1. The first-order valence-electron chi connectivity index (χ1n) is 7.15. The molecule has 1 heterocycles. The van der Waals surface area contributed by atoms with Gasteiger partial charge in [-0.05, 0) is 38.0 Å². The molecule has 5 heteroatoms. The molecule has 1 aliphatic rings. The molecule has 0 radical (unpaired) electrons. The number of hydrogen-bond acceptors (Lipinski definition) is 2. The average molecular weight is 305 g/mol. The van der Waals surface area contributed by atoms with Gasteiger partial charge in [0.15, 0.2) is 0 Å². The molecular formula is C16H17ClN2O2. The van der Waals surface area contributed by atoms with Crippen molar-refractivity contribution in [2.75, 3.05) is 0 Å². The third kappa shape index (κ3) is 2.44. The van der Waals surface area contributed by atoms with Crippen LogP contribution in [0.2, 0.25) is 5.02 Å². The summed E-state index contributed by atoms with van der Waals surface area (Å²) < 4.78 is 2.08. The molecule has 0 aliphatic heterocycles. The molecule has 2 atom stereocenters. The van der Waals surface area contributed by atoms with Crippen molar-refractivity contribution in [3.8, 4) is 0 Å². The highest BCUT2D eigenvalue weighted by Crippen LogP contribution is 2.36. The number of halogens is 1. The second kappa shape index (κ2) is 5.53. The van der Waals surface area contributed by atoms with E-state index in [1.807, 2.05) is 31.2 Å². The predicted molar refractivity (Wildman–Crippen MR) is 82.7 cm³/mol. The second-order valence-electron chi connectivity index (χ2n) is 5.34. The zero-order valence-corrected chi connectivity index (χ0v) is 12.5. The highest BCUT2D eigenvalue weighted by atomic mass is 35.5. The maximum atomic E-state index is 11.5. The van der Waals surface area contributed by atoms with E-state index in [-0.39, 0.29) is 5.92 Å². The van der Waals surface area contributed by atoms with Gasteiger partial charge < -0.3 is 9.67 Å². The van der Waals surface area contributed by atoms with Crippen molar-refractivity contribution in [2.24, 2.45) is 5.92 Å². The Balaban J connectivity index is 2.14. The fraction of sp³-hybridized carbons (Fsp3) is 0.375. The first-order chi connectivity index (χ1) is 10.1. The number of rotatable bonds is 3. The van der Waals surface area contributed by atoms with Crippen LogP contribution in [0.5, 0.6) is 0 Å². The third-order valence-corrected chi connectivity index (χ3v) is 4.37. The van der Waals surface area contributed by atoms with Gasteiger partial charge in [0.1, 0.15) is 5.82 Å². The van der Waals surface area contributed by atoms with E-state index in [1.54, 1.807) is 0 Å². The van der Waals surface area contributed by atoms with Gasteiger partial charge in [0.05, 0.1) is 17.0 Å². The average Bonchev–Trinajstić information content (AvgIpc) is 2.84. The number of aliphatic carboxylic acids is 1. The Kier molecular flexibility index (Phi) is 3.72. The Morgan fingerprint density at radius 2 is 2.19 bits per heavy atom. The normalized spacial score (nSPS) is 21.8. The molecule has 0 saturated carbocycles. The molecule has 1 aromatic heterocycles. The summed E-state index contributed by atoms with van der Waals surface area (Å²) in [7, 11) is 0. The Hall–Kier alpha value is -1.81. The Morgan fingerprint density at radius 3 is 2.90 bits per heavy atom. The lowest BCUT2D eigenvalue weighted by atomic mass is 9.82. The fourth-order valence-electron chi connectivity index (χ4n) is 3.10. The number of carboxylic acids is 1. The van der Waals surface area contributed by atoms with Gasteiger partial charge in [0.2, 0.25) is 0 Å². The van der Waals surface area contributed by atoms with Crippen LogP contribution in [0, 0.1) is 5.92 Å². The summed E-state index contributed by atoms with van der Waals surface area (Å²) in [6.07, 6.45) is 5.28. The molecule has 0 spiro atoms. The summed E-state index contributed by atoms with van der Waals surface area (Å²) in [5.74, 6) is -0.394. The second-order valence-corrected chi connectivity index (χ2v) is 5.78. The van der Waals surface area contributed by atoms with Crippen LogP contribution < -0.4 is 0 Å². The van der Waals surface area contributed by atoms with Crippen LogP contribution in [0.4, 0.5) is 0 Å². The van der Waals surface area contributed by atoms with Crippen LogP contribution in [0.15, 0.2) is 30.4 Å². The lowest BCUT2D eigenvalue weighted by Crippen LogP contribution is -2.25. The molecule has 1 N–H and O–H groups in total. The minimum absolute atomic E-state index is 0.0846. The molecule has 1 aliphatic carbocycles. The van der Waals surface area contributed by atoms with Crippen LogP contribution >= 0.6 is 11.6 Å². The van der Waals surface area contributed by atoms with E-state index in [2.05, 4.69) is 15.6 Å². The first kappa shape index (κ1) is 14.1. The van der Waals surface area contributed by atoms with Gasteiger partial charge in [-0.2, -0.15) is 0 Å². The third-order valence-electron chi connectivity index (χ3n) is 4.14. The van der Waals surface area contributed by atoms with Gasteiger partial charge in [-0.25, -0.2) is 4.98 Å². The van der Waals surface area contributed by atoms with Crippen molar-refractivity contribution >= 4 is 28.6 Å². The van der Waals surface area contributed by atoms with Gasteiger partial charge in [-0.1, -0.05) is 23.8 Å². The molecule has 0 unspecified atom stereocenters. The van der Waals surface area contributed by atoms with E-state index in [0.29, 0.717) is 17.9 Å². The van der Waals surface area contributed by atoms with Crippen LogP contribution in [0.1, 0.15) is 31.5 Å². The van der Waals surface area contributed by atoms with Gasteiger partial charge in [-0.3, -0.25) is 4.79 Å². The molecule has 0 amide bonds. The van der Waals surface area contributed by atoms with Crippen LogP contribution in [0.3, 0.4) is 0 Å². The zero-order valence-electron chi connectivity index (χ0n) is 11.8. The lowest BCUT2D eigenvalue weighted by Gasteiger charge is -2.25. The van der Waals surface area contributed by atoms with E-state index < -0.39 is 11.9 Å². The van der Waals surface area contributed by atoms with E-state index >= 15 is 0 Å². The SMILES string of the molecule is CCn1c([C@@H]2CC=CC[C@@H]2C(=O)O)nc2ccc(Cl)cc21. The molecule has 0 fully saturated rings. The molecular weight excluding hydrogens is 288 g/mol. The topological polar surface area (TPSA) is 55.1 Å². The number of aromatic nitrogens is 2. The molecule has 0 saturated heterocycles. The van der Waals surface area contributed by atoms with Crippen molar-refractivity contribution in [2.45, 2.75) is 32.2 Å². The minimum atomic E-state index is -0.753. The van der Waals surface area contributed by atoms with Crippen molar-refractivity contribution in [1.82, 2.24) is 9.55 Å². The van der Waals surface area contributed by atoms with E-state index in [4.69, 9.17) is 11.6 Å². The Bertz CT molecular complexity index is 720. The predicted octanol–water partition coefficient (Wildman–Crippen LogP) is 3.84. The smallest absolute Gasteiger partial charge is 0.307 e. The summed E-state index contributed by atoms with van der Waals surface area (Å²) >= 11 is 6.08. The molecule has 2 aromatic rings. The molecule has 110 valence electrons. The number of allylic oxidation sites excluding steroid dienone is 2. The summed E-state index contributed by atoms with van der Waals surface area (Å²) in [4.78, 5) is 16.2. The quantitative estimate of drug-likeness (QED) is 0.876. The van der Waals surface area contributed by atoms with Crippen LogP contribution in [-0.2, 0) is 11.3 Å². The van der Waals surface area contributed by atoms with Gasteiger partial charge in [-0.15, -0.1) is 0 Å². The summed E-state index contributed by atoms with van der Waals surface area (Å²) in [5.41, 5.74) is 1.84. The number of imidazole rings is 1. The number of nitrogens with zero attached hydrogens (tertiary/aromatic N) is 2. The first-order valence-corrected chi connectivity index (χ1v) is 7.53. The largest absolute Gasteiger partial charge is 0.481 e. The highest BCUT2D eigenvalue weighted by Gasteiger charge is 2.33. The number of carbonyl (C=O) groups is 1. The van der Waals surface area contributed by atoms with Gasteiger partial charge >= 0.3 is 5.97 Å². The standard InChI is InChI=1S/C16H17ClN2O2/c1-2-19-14-9-10(17)7-8-13(14)18-15(19)11-5-3-4-6-12(11)16(20)21/h3-4,7-9,11-12H,2,5-6H2,1H3,(H,20,21)/t11-,12+/m1/s1. The summed E-state index contributed by atoms with van der Waals surface area (Å²) in [5, 5.41) is 10.1. The van der Waals surface area contributed by atoms with Gasteiger partial charge in [0, 0.05) is 17.5 Å². The van der Waals surface area contributed by atoms with Crippen LogP contribution in [-0.4, -0.2) is 20.6 Å². The molecule has 0 bridgehead atoms. The maximum Gasteiger partial charge on any atom is 0.307 e. The maximum absolute atomic E-state index is 11.5. The Morgan fingerprint density at radius 1 is 1.43 bits per heavy atom. The van der Waals surface area contributed by atoms with E-state index in [0.717, 1.165) is 23.4 Å². The van der Waals surface area contributed by atoms with E-state index in [1.165, 1.54) is 0 Å². The monoisotopic (exact) mass is 304 g/mol. The fourth-order valence-corrected chi connectivity index (χ4v) is 3.27. The Labute approximate surface area is 128 Å². The molecule has 21 heavy (non-hydrogen) atoms.